The van der Waals surface area contributed by atoms with Crippen LogP contribution in [0.1, 0.15) is 0 Å². The molecule has 5 nitrogen and oxygen atoms in total. The number of anilines is 6. The van der Waals surface area contributed by atoms with Crippen LogP contribution in [0.5, 0.6) is 0 Å². The molecule has 0 bridgehead atoms. The Morgan fingerprint density at radius 1 is 0.308 bits per heavy atom. The van der Waals surface area contributed by atoms with Gasteiger partial charge in [-0.1, -0.05) is 127 Å². The predicted octanol–water partition coefficient (Wildman–Crippen LogP) is 16.2. The van der Waals surface area contributed by atoms with E-state index >= 15 is 0 Å². The molecule has 0 aliphatic heterocycles. The SMILES string of the molecule is c1ccc(N(c2ccccc2)c2ccc3c(c2)c2cc(N(c4ccccc4)c4ccccc4)ccc2n3-c2ccc(-c3ccc(-c4cnc5c(ccc6cccnc65)c4)cc3)cc2)cc1. The first-order chi connectivity index (χ1) is 32.2. The van der Waals surface area contributed by atoms with Crippen LogP contribution >= 0.6 is 0 Å². The molecular formula is C60H41N5. The van der Waals surface area contributed by atoms with E-state index in [2.05, 4.69) is 250 Å². The van der Waals surface area contributed by atoms with Crippen molar-refractivity contribution in [3.8, 4) is 27.9 Å². The summed E-state index contributed by atoms with van der Waals surface area (Å²) in [5.41, 5.74) is 16.3. The zero-order valence-electron chi connectivity index (χ0n) is 35.4. The first kappa shape index (κ1) is 37.9. The van der Waals surface area contributed by atoms with Crippen LogP contribution in [-0.2, 0) is 0 Å². The molecule has 9 aromatic carbocycles. The van der Waals surface area contributed by atoms with E-state index in [-0.39, 0.29) is 0 Å². The summed E-state index contributed by atoms with van der Waals surface area (Å²) in [5, 5.41) is 4.52. The quantitative estimate of drug-likeness (QED) is 0.136. The Balaban J connectivity index is 0.958. The maximum absolute atomic E-state index is 4.86. The van der Waals surface area contributed by atoms with Crippen LogP contribution in [0.3, 0.4) is 0 Å². The minimum Gasteiger partial charge on any atom is -0.310 e. The molecule has 3 heterocycles. The maximum Gasteiger partial charge on any atom is 0.0964 e. The molecule has 5 heteroatoms. The fourth-order valence-electron chi connectivity index (χ4n) is 9.31. The fourth-order valence-corrected chi connectivity index (χ4v) is 9.31. The second-order valence-corrected chi connectivity index (χ2v) is 16.3. The summed E-state index contributed by atoms with van der Waals surface area (Å²) in [6.07, 6.45) is 3.79. The van der Waals surface area contributed by atoms with Crippen LogP contribution in [0.15, 0.2) is 249 Å². The molecule has 0 saturated heterocycles. The molecule has 0 aliphatic carbocycles. The lowest BCUT2D eigenvalue weighted by atomic mass is 10.00. The molecule has 12 aromatic rings. The van der Waals surface area contributed by atoms with Crippen molar-refractivity contribution in [1.82, 2.24) is 14.5 Å². The highest BCUT2D eigenvalue weighted by Gasteiger charge is 2.20. The maximum atomic E-state index is 4.86. The smallest absolute Gasteiger partial charge is 0.0964 e. The van der Waals surface area contributed by atoms with Gasteiger partial charge in [-0.25, -0.2) is 0 Å². The number of aromatic nitrogens is 3. The number of benzene rings is 9. The first-order valence-electron chi connectivity index (χ1n) is 22.0. The largest absolute Gasteiger partial charge is 0.310 e. The third-order valence-corrected chi connectivity index (χ3v) is 12.4. The molecule has 3 aromatic heterocycles. The molecule has 0 atom stereocenters. The predicted molar refractivity (Wildman–Crippen MR) is 272 cm³/mol. The Labute approximate surface area is 377 Å². The van der Waals surface area contributed by atoms with Gasteiger partial charge in [-0.3, -0.25) is 9.97 Å². The van der Waals surface area contributed by atoms with Gasteiger partial charge in [0.2, 0.25) is 0 Å². The van der Waals surface area contributed by atoms with E-state index in [0.29, 0.717) is 0 Å². The van der Waals surface area contributed by atoms with Crippen molar-refractivity contribution in [2.45, 2.75) is 0 Å². The van der Waals surface area contributed by atoms with Gasteiger partial charge in [0, 0.05) is 79.3 Å². The second kappa shape index (κ2) is 16.2. The topological polar surface area (TPSA) is 37.2 Å². The molecule has 65 heavy (non-hydrogen) atoms. The van der Waals surface area contributed by atoms with E-state index in [9.17, 15) is 0 Å². The van der Waals surface area contributed by atoms with Gasteiger partial charge < -0.3 is 14.4 Å². The van der Waals surface area contributed by atoms with Gasteiger partial charge in [0.15, 0.2) is 0 Å². The van der Waals surface area contributed by atoms with Crippen LogP contribution in [-0.4, -0.2) is 14.5 Å². The summed E-state index contributed by atoms with van der Waals surface area (Å²) in [6, 6.07) is 84.5. The highest BCUT2D eigenvalue weighted by Crippen LogP contribution is 2.43. The average molecular weight is 832 g/mol. The van der Waals surface area contributed by atoms with Crippen LogP contribution in [0.2, 0.25) is 0 Å². The molecule has 0 amide bonds. The third-order valence-electron chi connectivity index (χ3n) is 12.4. The third kappa shape index (κ3) is 6.93. The summed E-state index contributed by atoms with van der Waals surface area (Å²) in [6.45, 7) is 0. The highest BCUT2D eigenvalue weighted by atomic mass is 15.1. The summed E-state index contributed by atoms with van der Waals surface area (Å²) in [5.74, 6) is 0. The highest BCUT2D eigenvalue weighted by molar-refractivity contribution is 6.12. The Morgan fingerprint density at radius 3 is 1.23 bits per heavy atom. The number of nitrogens with zero attached hydrogens (tertiary/aromatic N) is 5. The standard InChI is InChI=1S/C60H41N5/c1-5-15-48(16-6-1)63(49-17-7-2-8-18-49)53-33-35-57-55(39-53)56-40-54(64(50-19-9-3-10-20-50)51-21-11-4-12-22-51)34-36-58(56)65(57)52-31-29-43(30-32-52)42-23-25-44(26-24-42)47-38-46-28-27-45-14-13-37-61-59(45)60(46)62-41-47/h1-41H. The number of fused-ring (bicyclic) bond motifs is 6. The molecule has 306 valence electrons. The molecule has 0 saturated carbocycles. The Bertz CT molecular complexity index is 3410. The second-order valence-electron chi connectivity index (χ2n) is 16.3. The van der Waals surface area contributed by atoms with Gasteiger partial charge in [0.1, 0.15) is 0 Å². The van der Waals surface area contributed by atoms with Gasteiger partial charge in [0.25, 0.3) is 0 Å². The molecule has 0 unspecified atom stereocenters. The lowest BCUT2D eigenvalue weighted by Crippen LogP contribution is -2.09. The van der Waals surface area contributed by atoms with Gasteiger partial charge in [-0.2, -0.15) is 0 Å². The summed E-state index contributed by atoms with van der Waals surface area (Å²) < 4.78 is 2.40. The van der Waals surface area contributed by atoms with Crippen molar-refractivity contribution >= 4 is 77.7 Å². The minimum atomic E-state index is 0.926. The summed E-state index contributed by atoms with van der Waals surface area (Å²) >= 11 is 0. The minimum absolute atomic E-state index is 0.926. The number of rotatable bonds is 9. The average Bonchev–Trinajstić information content (AvgIpc) is 3.71. The van der Waals surface area contributed by atoms with Gasteiger partial charge >= 0.3 is 0 Å². The fraction of sp³-hybridized carbons (Fsp3) is 0. The normalized spacial score (nSPS) is 11.4. The summed E-state index contributed by atoms with van der Waals surface area (Å²) in [4.78, 5) is 14.1. The van der Waals surface area contributed by atoms with Gasteiger partial charge in [-0.15, -0.1) is 0 Å². The Kier molecular flexibility index (Phi) is 9.42. The number of hydrogen-bond acceptors (Lipinski definition) is 4. The van der Waals surface area contributed by atoms with E-state index in [0.717, 1.165) is 94.9 Å². The van der Waals surface area contributed by atoms with Crippen LogP contribution < -0.4 is 9.80 Å². The zero-order chi connectivity index (χ0) is 43.1. The zero-order valence-corrected chi connectivity index (χ0v) is 35.4. The van der Waals surface area contributed by atoms with Crippen molar-refractivity contribution in [2.24, 2.45) is 0 Å². The van der Waals surface area contributed by atoms with Crippen molar-refractivity contribution in [3.05, 3.63) is 249 Å². The van der Waals surface area contributed by atoms with Gasteiger partial charge in [0.05, 0.1) is 22.1 Å². The van der Waals surface area contributed by atoms with Crippen molar-refractivity contribution in [1.29, 1.82) is 0 Å². The van der Waals surface area contributed by atoms with E-state index in [4.69, 9.17) is 4.98 Å². The van der Waals surface area contributed by atoms with E-state index in [1.165, 1.54) is 10.8 Å². The molecular weight excluding hydrogens is 791 g/mol. The van der Waals surface area contributed by atoms with Crippen molar-refractivity contribution in [2.75, 3.05) is 9.80 Å². The number of hydrogen-bond donors (Lipinski definition) is 0. The van der Waals surface area contributed by atoms with Crippen molar-refractivity contribution in [3.63, 3.8) is 0 Å². The molecule has 12 rings (SSSR count). The molecule has 0 radical (unpaired) electrons. The van der Waals surface area contributed by atoms with Crippen LogP contribution in [0, 0.1) is 0 Å². The first-order valence-corrected chi connectivity index (χ1v) is 22.0. The summed E-state index contributed by atoms with van der Waals surface area (Å²) in [7, 11) is 0. The monoisotopic (exact) mass is 831 g/mol. The van der Waals surface area contributed by atoms with Gasteiger partial charge in [-0.05, 0) is 126 Å². The molecule has 0 spiro atoms. The Morgan fingerprint density at radius 2 is 0.738 bits per heavy atom. The molecule has 0 fully saturated rings. The van der Waals surface area contributed by atoms with Crippen LogP contribution in [0.25, 0.3) is 71.6 Å². The van der Waals surface area contributed by atoms with Crippen LogP contribution in [0.4, 0.5) is 34.1 Å². The molecule has 0 aliphatic rings. The van der Waals surface area contributed by atoms with E-state index < -0.39 is 0 Å². The number of para-hydroxylation sites is 4. The Hall–Kier alpha value is -8.80. The molecule has 0 N–H and O–H groups in total. The van der Waals surface area contributed by atoms with E-state index in [1.807, 2.05) is 18.5 Å². The lowest BCUT2D eigenvalue weighted by Gasteiger charge is -2.26. The number of pyridine rings is 2. The van der Waals surface area contributed by atoms with E-state index in [1.54, 1.807) is 0 Å². The van der Waals surface area contributed by atoms with Crippen molar-refractivity contribution < 1.29 is 0 Å². The lowest BCUT2D eigenvalue weighted by molar-refractivity contribution is 1.18.